The van der Waals surface area contributed by atoms with Crippen LogP contribution in [0.15, 0.2) is 36.4 Å². The summed E-state index contributed by atoms with van der Waals surface area (Å²) in [7, 11) is 0. The van der Waals surface area contributed by atoms with Crippen molar-refractivity contribution < 1.29 is 19.1 Å². The quantitative estimate of drug-likeness (QED) is 0.624. The predicted octanol–water partition coefficient (Wildman–Crippen LogP) is 2.80. The van der Waals surface area contributed by atoms with Crippen molar-refractivity contribution >= 4 is 23.3 Å². The van der Waals surface area contributed by atoms with Gasteiger partial charge in [-0.05, 0) is 46.5 Å². The van der Waals surface area contributed by atoms with Crippen LogP contribution in [-0.2, 0) is 19.1 Å². The predicted molar refractivity (Wildman–Crippen MR) is 106 cm³/mol. The Hall–Kier alpha value is -3.02. The van der Waals surface area contributed by atoms with Crippen LogP contribution in [-0.4, -0.2) is 25.2 Å². The van der Waals surface area contributed by atoms with Crippen LogP contribution in [0, 0.1) is 11.8 Å². The van der Waals surface area contributed by atoms with Gasteiger partial charge in [0.25, 0.3) is 0 Å². The molecule has 5 rings (SSSR count). The molecule has 146 valence electrons. The maximum atomic E-state index is 11.5. The van der Waals surface area contributed by atoms with Gasteiger partial charge in [0.1, 0.15) is 0 Å². The Morgan fingerprint density at radius 2 is 1.14 bits per heavy atom. The summed E-state index contributed by atoms with van der Waals surface area (Å²) in [6.45, 7) is 3.34. The van der Waals surface area contributed by atoms with Crippen molar-refractivity contribution in [1.29, 1.82) is 0 Å². The van der Waals surface area contributed by atoms with E-state index in [-0.39, 0.29) is 48.8 Å². The third-order valence-electron chi connectivity index (χ3n) is 5.93. The number of rotatable bonds is 4. The van der Waals surface area contributed by atoms with Crippen molar-refractivity contribution in [2.24, 2.45) is 11.8 Å². The molecule has 0 heterocycles. The number of nitrogen functional groups attached to an aromatic ring is 2. The molecule has 6 heteroatoms. The number of carbonyl (C=O) groups is 2. The summed E-state index contributed by atoms with van der Waals surface area (Å²) in [6.07, 6.45) is 0. The number of ether oxygens (including phenoxy) is 2. The molecule has 28 heavy (non-hydrogen) atoms. The average molecular weight is 380 g/mol. The lowest BCUT2D eigenvalue weighted by molar-refractivity contribution is -0.148. The summed E-state index contributed by atoms with van der Waals surface area (Å²) < 4.78 is 10.8. The number of anilines is 2. The standard InChI is InChI=1S/C22H24N2O4/c1-11(25)27-9-19-20(10-28-12(2)26)22-16-6-4-13(23)7-17(16)21(19)15-5-3-14(24)8-18(15)22/h3-8,19-22H,9-10,23-24H2,1-2H3/t19-,20-,21-,22-/m1/s1. The van der Waals surface area contributed by atoms with Gasteiger partial charge >= 0.3 is 11.9 Å². The number of hydrogen-bond acceptors (Lipinski definition) is 6. The van der Waals surface area contributed by atoms with E-state index in [1.807, 2.05) is 24.3 Å². The van der Waals surface area contributed by atoms with Crippen LogP contribution in [0.3, 0.4) is 0 Å². The Labute approximate surface area is 163 Å². The summed E-state index contributed by atoms with van der Waals surface area (Å²) in [4.78, 5) is 23.0. The Morgan fingerprint density at radius 1 is 0.750 bits per heavy atom. The average Bonchev–Trinajstić information content (AvgIpc) is 2.64. The van der Waals surface area contributed by atoms with Crippen LogP contribution < -0.4 is 11.5 Å². The Balaban J connectivity index is 1.87. The van der Waals surface area contributed by atoms with E-state index in [0.29, 0.717) is 11.4 Å². The number of fused-ring (bicyclic) bond motifs is 1. The molecule has 2 bridgehead atoms. The molecule has 0 radical (unpaired) electrons. The minimum Gasteiger partial charge on any atom is -0.466 e. The van der Waals surface area contributed by atoms with Crippen molar-refractivity contribution in [2.75, 3.05) is 24.7 Å². The number of hydrogen-bond donors (Lipinski definition) is 2. The molecule has 0 aromatic heterocycles. The van der Waals surface area contributed by atoms with Gasteiger partial charge in [0.2, 0.25) is 0 Å². The smallest absolute Gasteiger partial charge is 0.302 e. The molecular weight excluding hydrogens is 356 g/mol. The van der Waals surface area contributed by atoms with Crippen LogP contribution >= 0.6 is 0 Å². The van der Waals surface area contributed by atoms with Crippen molar-refractivity contribution in [3.05, 3.63) is 58.7 Å². The van der Waals surface area contributed by atoms with Gasteiger partial charge in [0.15, 0.2) is 0 Å². The minimum absolute atomic E-state index is 0.000918. The second kappa shape index (κ2) is 6.86. The monoisotopic (exact) mass is 380 g/mol. The lowest BCUT2D eigenvalue weighted by Crippen LogP contribution is -2.44. The summed E-state index contributed by atoms with van der Waals surface area (Å²) in [5.41, 5.74) is 18.2. The van der Waals surface area contributed by atoms with Gasteiger partial charge in [-0.1, -0.05) is 12.1 Å². The summed E-state index contributed by atoms with van der Waals surface area (Å²) in [5, 5.41) is 0. The maximum absolute atomic E-state index is 11.5. The highest BCUT2D eigenvalue weighted by Crippen LogP contribution is 2.59. The molecule has 0 saturated heterocycles. The molecule has 2 aromatic carbocycles. The SMILES string of the molecule is CC(=O)OC[C@H]1[C@@H]2c3ccc(N)cc3[C@@H](c3ccc(N)cc32)[C@@H]1COC(C)=O. The zero-order chi connectivity index (χ0) is 20.0. The van der Waals surface area contributed by atoms with Gasteiger partial charge in [-0.15, -0.1) is 0 Å². The molecule has 3 aliphatic carbocycles. The first-order valence-electron chi connectivity index (χ1n) is 9.42. The number of nitrogens with two attached hydrogens (primary N) is 2. The molecule has 0 fully saturated rings. The van der Waals surface area contributed by atoms with Gasteiger partial charge in [0, 0.05) is 48.9 Å². The van der Waals surface area contributed by atoms with Crippen molar-refractivity contribution in [1.82, 2.24) is 0 Å². The molecule has 0 unspecified atom stereocenters. The summed E-state index contributed by atoms with van der Waals surface area (Å²) in [6, 6.07) is 11.9. The number of benzene rings is 2. The zero-order valence-electron chi connectivity index (χ0n) is 16.0. The van der Waals surface area contributed by atoms with E-state index in [2.05, 4.69) is 12.1 Å². The highest BCUT2D eigenvalue weighted by molar-refractivity contribution is 5.67. The Kier molecular flexibility index (Phi) is 4.49. The molecule has 4 atom stereocenters. The zero-order valence-corrected chi connectivity index (χ0v) is 16.0. The highest BCUT2D eigenvalue weighted by Gasteiger charge is 2.50. The molecule has 0 saturated carbocycles. The summed E-state index contributed by atoms with van der Waals surface area (Å²) >= 11 is 0. The van der Waals surface area contributed by atoms with Crippen LogP contribution in [0.5, 0.6) is 0 Å². The molecule has 0 spiro atoms. The maximum Gasteiger partial charge on any atom is 0.302 e. The van der Waals surface area contributed by atoms with E-state index in [1.54, 1.807) is 0 Å². The normalized spacial score (nSPS) is 24.2. The van der Waals surface area contributed by atoms with Crippen LogP contribution in [0.2, 0.25) is 0 Å². The first-order chi connectivity index (χ1) is 13.4. The Bertz CT molecular complexity index is 878. The van der Waals surface area contributed by atoms with Gasteiger partial charge in [-0.3, -0.25) is 9.59 Å². The lowest BCUT2D eigenvalue weighted by atomic mass is 9.54. The third kappa shape index (κ3) is 2.99. The second-order valence-corrected chi connectivity index (χ2v) is 7.66. The largest absolute Gasteiger partial charge is 0.466 e. The summed E-state index contributed by atoms with van der Waals surface area (Å²) in [5.74, 6) is -0.675. The van der Waals surface area contributed by atoms with Gasteiger partial charge in [0.05, 0.1) is 13.2 Å². The molecule has 0 amide bonds. The highest BCUT2D eigenvalue weighted by atomic mass is 16.5. The second-order valence-electron chi connectivity index (χ2n) is 7.66. The number of carbonyl (C=O) groups excluding carboxylic acids is 2. The first-order valence-corrected chi connectivity index (χ1v) is 9.42. The van der Waals surface area contributed by atoms with E-state index in [9.17, 15) is 9.59 Å². The van der Waals surface area contributed by atoms with Crippen LogP contribution in [0.4, 0.5) is 11.4 Å². The van der Waals surface area contributed by atoms with Crippen LogP contribution in [0.25, 0.3) is 0 Å². The molecule has 2 aromatic rings. The van der Waals surface area contributed by atoms with Crippen molar-refractivity contribution in [3.8, 4) is 0 Å². The third-order valence-corrected chi connectivity index (χ3v) is 5.93. The topological polar surface area (TPSA) is 105 Å². The fraction of sp³-hybridized carbons (Fsp3) is 0.364. The van der Waals surface area contributed by atoms with E-state index in [4.69, 9.17) is 20.9 Å². The van der Waals surface area contributed by atoms with Crippen molar-refractivity contribution in [3.63, 3.8) is 0 Å². The molecule has 4 N–H and O–H groups in total. The molecular formula is C22H24N2O4. The fourth-order valence-electron chi connectivity index (χ4n) is 4.91. The van der Waals surface area contributed by atoms with E-state index in [1.165, 1.54) is 25.0 Å². The van der Waals surface area contributed by atoms with E-state index >= 15 is 0 Å². The molecule has 6 nitrogen and oxygen atoms in total. The Morgan fingerprint density at radius 3 is 1.50 bits per heavy atom. The molecule has 3 aliphatic rings. The fourth-order valence-corrected chi connectivity index (χ4v) is 4.91. The first kappa shape index (κ1) is 18.3. The van der Waals surface area contributed by atoms with E-state index < -0.39 is 0 Å². The van der Waals surface area contributed by atoms with Crippen molar-refractivity contribution in [2.45, 2.75) is 25.7 Å². The molecule has 0 aliphatic heterocycles. The lowest BCUT2D eigenvalue weighted by Gasteiger charge is -2.50. The van der Waals surface area contributed by atoms with Gasteiger partial charge in [-0.2, -0.15) is 0 Å². The van der Waals surface area contributed by atoms with Gasteiger partial charge in [-0.25, -0.2) is 0 Å². The van der Waals surface area contributed by atoms with E-state index in [0.717, 1.165) is 11.1 Å². The minimum atomic E-state index is -0.321. The number of esters is 2. The van der Waals surface area contributed by atoms with Crippen LogP contribution in [0.1, 0.15) is 47.9 Å². The van der Waals surface area contributed by atoms with Gasteiger partial charge < -0.3 is 20.9 Å².